The van der Waals surface area contributed by atoms with Crippen molar-refractivity contribution in [3.05, 3.63) is 71.4 Å². The van der Waals surface area contributed by atoms with Crippen molar-refractivity contribution < 1.29 is 14.3 Å². The van der Waals surface area contributed by atoms with Gasteiger partial charge in [0.1, 0.15) is 5.75 Å². The molecule has 2 aromatic carbocycles. The highest BCUT2D eigenvalue weighted by Crippen LogP contribution is 2.36. The minimum Gasteiger partial charge on any atom is -0.497 e. The first-order valence-electron chi connectivity index (χ1n) is 10.3. The summed E-state index contributed by atoms with van der Waals surface area (Å²) in [7, 11) is 1.60. The number of benzene rings is 2. The van der Waals surface area contributed by atoms with Crippen LogP contribution in [0.25, 0.3) is 11.3 Å². The number of amides is 2. The molecule has 7 heteroatoms. The molecule has 32 heavy (non-hydrogen) atoms. The number of anilines is 2. The number of ether oxygens (including phenoxy) is 1. The molecular formula is C25H28N4O3. The number of nitrogen functional groups attached to an aromatic ring is 1. The molecule has 0 aliphatic heterocycles. The van der Waals surface area contributed by atoms with E-state index in [1.807, 2.05) is 51.1 Å². The van der Waals surface area contributed by atoms with E-state index in [-0.39, 0.29) is 18.4 Å². The van der Waals surface area contributed by atoms with Crippen LogP contribution in [0, 0.1) is 6.92 Å². The summed E-state index contributed by atoms with van der Waals surface area (Å²) in [6, 6.07) is 14.2. The minimum absolute atomic E-state index is 0.0697. The molecule has 0 radical (unpaired) electrons. The van der Waals surface area contributed by atoms with E-state index in [1.54, 1.807) is 36.4 Å². The zero-order valence-electron chi connectivity index (χ0n) is 18.8. The fourth-order valence-corrected chi connectivity index (χ4v) is 3.70. The molecule has 7 nitrogen and oxygen atoms in total. The molecule has 0 bridgehead atoms. The van der Waals surface area contributed by atoms with Gasteiger partial charge in [0.15, 0.2) is 0 Å². The smallest absolute Gasteiger partial charge is 0.250 e. The number of hydrogen-bond donors (Lipinski definition) is 2. The highest BCUT2D eigenvalue weighted by Gasteiger charge is 2.24. The highest BCUT2D eigenvalue weighted by atomic mass is 16.5. The van der Waals surface area contributed by atoms with Gasteiger partial charge in [0.25, 0.3) is 5.91 Å². The molecule has 0 fully saturated rings. The van der Waals surface area contributed by atoms with Gasteiger partial charge in [-0.15, -0.1) is 0 Å². The molecule has 1 heterocycles. The first-order chi connectivity index (χ1) is 15.2. The fourth-order valence-electron chi connectivity index (χ4n) is 3.70. The lowest BCUT2D eigenvalue weighted by atomic mass is 9.97. The summed E-state index contributed by atoms with van der Waals surface area (Å²) in [6.07, 6.45) is 1.83. The largest absolute Gasteiger partial charge is 0.497 e. The third-order valence-corrected chi connectivity index (χ3v) is 5.38. The van der Waals surface area contributed by atoms with Gasteiger partial charge in [-0.1, -0.05) is 18.2 Å². The van der Waals surface area contributed by atoms with Crippen LogP contribution in [0.2, 0.25) is 0 Å². The molecule has 0 unspecified atom stereocenters. The first kappa shape index (κ1) is 22.8. The molecule has 0 aliphatic carbocycles. The van der Waals surface area contributed by atoms with Gasteiger partial charge in [-0.05, 0) is 62.2 Å². The molecular weight excluding hydrogens is 404 g/mol. The normalized spacial score (nSPS) is 10.8. The topological polar surface area (TPSA) is 112 Å². The SMILES string of the molecule is COc1ccc(CC(=O)N(c2ccc(-c3ncccc3C(N)=O)c(C)c2N)C(C)C)cc1. The second-order valence-corrected chi connectivity index (χ2v) is 7.82. The number of rotatable bonds is 7. The Labute approximate surface area is 188 Å². The number of primary amides is 1. The van der Waals surface area contributed by atoms with Gasteiger partial charge < -0.3 is 21.1 Å². The van der Waals surface area contributed by atoms with Crippen LogP contribution in [-0.2, 0) is 11.2 Å². The van der Waals surface area contributed by atoms with Gasteiger partial charge in [-0.2, -0.15) is 0 Å². The third kappa shape index (κ3) is 4.56. The summed E-state index contributed by atoms with van der Waals surface area (Å²) in [4.78, 5) is 31.1. The predicted octanol–water partition coefficient (Wildman–Crippen LogP) is 3.73. The van der Waals surface area contributed by atoms with Crippen LogP contribution in [0.5, 0.6) is 5.75 Å². The molecule has 0 saturated heterocycles. The molecule has 0 saturated carbocycles. The number of hydrogen-bond acceptors (Lipinski definition) is 5. The first-order valence-corrected chi connectivity index (χ1v) is 10.3. The van der Waals surface area contributed by atoms with E-state index in [1.165, 1.54) is 0 Å². The molecule has 0 spiro atoms. The lowest BCUT2D eigenvalue weighted by Crippen LogP contribution is -2.38. The lowest BCUT2D eigenvalue weighted by molar-refractivity contribution is -0.118. The number of carbonyl (C=O) groups excluding carboxylic acids is 2. The van der Waals surface area contributed by atoms with E-state index >= 15 is 0 Å². The maximum atomic E-state index is 13.2. The number of nitrogens with zero attached hydrogens (tertiary/aromatic N) is 2. The number of carbonyl (C=O) groups is 2. The average Bonchev–Trinajstić information content (AvgIpc) is 2.77. The van der Waals surface area contributed by atoms with Gasteiger partial charge >= 0.3 is 0 Å². The van der Waals surface area contributed by atoms with E-state index < -0.39 is 5.91 Å². The van der Waals surface area contributed by atoms with Crippen LogP contribution in [-0.4, -0.2) is 29.9 Å². The Balaban J connectivity index is 1.98. The monoisotopic (exact) mass is 432 g/mol. The van der Waals surface area contributed by atoms with E-state index in [9.17, 15) is 9.59 Å². The molecule has 2 amide bonds. The number of pyridine rings is 1. The fraction of sp³-hybridized carbons (Fsp3) is 0.240. The van der Waals surface area contributed by atoms with Gasteiger partial charge in [0, 0.05) is 17.8 Å². The van der Waals surface area contributed by atoms with Crippen LogP contribution < -0.4 is 21.1 Å². The predicted molar refractivity (Wildman–Crippen MR) is 127 cm³/mol. The van der Waals surface area contributed by atoms with Crippen LogP contribution in [0.1, 0.15) is 35.3 Å². The van der Waals surface area contributed by atoms with E-state index in [2.05, 4.69) is 4.98 Å². The van der Waals surface area contributed by atoms with Gasteiger partial charge in [-0.25, -0.2) is 0 Å². The summed E-state index contributed by atoms with van der Waals surface area (Å²) in [5.74, 6) is 0.107. The Kier molecular flexibility index (Phi) is 6.78. The highest BCUT2D eigenvalue weighted by molar-refractivity contribution is 6.02. The van der Waals surface area contributed by atoms with Gasteiger partial charge in [0.2, 0.25) is 5.91 Å². The van der Waals surface area contributed by atoms with Crippen molar-refractivity contribution in [1.82, 2.24) is 4.98 Å². The quantitative estimate of drug-likeness (QED) is 0.553. The van der Waals surface area contributed by atoms with E-state index in [0.717, 1.165) is 16.9 Å². The lowest BCUT2D eigenvalue weighted by Gasteiger charge is -2.29. The van der Waals surface area contributed by atoms with E-state index in [0.29, 0.717) is 28.2 Å². The van der Waals surface area contributed by atoms with Crippen molar-refractivity contribution in [2.45, 2.75) is 33.2 Å². The minimum atomic E-state index is -0.561. The van der Waals surface area contributed by atoms with E-state index in [4.69, 9.17) is 16.2 Å². The van der Waals surface area contributed by atoms with Gasteiger partial charge in [-0.3, -0.25) is 14.6 Å². The van der Waals surface area contributed by atoms with Crippen molar-refractivity contribution >= 4 is 23.2 Å². The number of methoxy groups -OCH3 is 1. The molecule has 0 aliphatic rings. The molecule has 3 rings (SSSR count). The zero-order chi connectivity index (χ0) is 23.4. The standard InChI is InChI=1S/C25H28N4O3/c1-15(2)29(22(30)14-17-7-9-18(32-4)10-8-17)21-12-11-19(16(3)23(21)26)24-20(25(27)31)6-5-13-28-24/h5-13,15H,14,26H2,1-4H3,(H2,27,31). The Morgan fingerprint density at radius 1 is 1.09 bits per heavy atom. The van der Waals surface area contributed by atoms with Crippen LogP contribution >= 0.6 is 0 Å². The molecule has 4 N–H and O–H groups in total. The van der Waals surface area contributed by atoms with Crippen molar-refractivity contribution in [2.24, 2.45) is 5.73 Å². The van der Waals surface area contributed by atoms with Crippen molar-refractivity contribution in [3.63, 3.8) is 0 Å². The van der Waals surface area contributed by atoms with Crippen molar-refractivity contribution in [3.8, 4) is 17.0 Å². The zero-order valence-corrected chi connectivity index (χ0v) is 18.8. The second kappa shape index (κ2) is 9.51. The molecule has 0 atom stereocenters. The van der Waals surface area contributed by atoms with Crippen LogP contribution in [0.4, 0.5) is 11.4 Å². The Bertz CT molecular complexity index is 1140. The third-order valence-electron chi connectivity index (χ3n) is 5.38. The summed E-state index contributed by atoms with van der Waals surface area (Å²) in [5.41, 5.74) is 16.2. The average molecular weight is 433 g/mol. The Hall–Kier alpha value is -3.87. The van der Waals surface area contributed by atoms with Gasteiger partial charge in [0.05, 0.1) is 36.2 Å². The van der Waals surface area contributed by atoms with Crippen LogP contribution in [0.3, 0.4) is 0 Å². The Morgan fingerprint density at radius 3 is 2.38 bits per heavy atom. The Morgan fingerprint density at radius 2 is 1.78 bits per heavy atom. The second-order valence-electron chi connectivity index (χ2n) is 7.82. The maximum Gasteiger partial charge on any atom is 0.250 e. The molecule has 1 aromatic heterocycles. The van der Waals surface area contributed by atoms with Crippen LogP contribution in [0.15, 0.2) is 54.7 Å². The summed E-state index contributed by atoms with van der Waals surface area (Å²) >= 11 is 0. The van der Waals surface area contributed by atoms with Crippen molar-refractivity contribution in [2.75, 3.05) is 17.7 Å². The summed E-state index contributed by atoms with van der Waals surface area (Å²) in [5, 5.41) is 0. The molecule has 3 aromatic rings. The van der Waals surface area contributed by atoms with Crippen molar-refractivity contribution in [1.29, 1.82) is 0 Å². The molecule has 166 valence electrons. The maximum absolute atomic E-state index is 13.2. The number of nitrogens with two attached hydrogens (primary N) is 2. The summed E-state index contributed by atoms with van der Waals surface area (Å²) < 4.78 is 5.18. The summed E-state index contributed by atoms with van der Waals surface area (Å²) in [6.45, 7) is 5.73. The number of aromatic nitrogens is 1.